The van der Waals surface area contributed by atoms with Gasteiger partial charge in [-0.1, -0.05) is 65.7 Å². The van der Waals surface area contributed by atoms with E-state index < -0.39 is 11.8 Å². The lowest BCUT2D eigenvalue weighted by Crippen LogP contribution is -2.30. The van der Waals surface area contributed by atoms with Gasteiger partial charge < -0.3 is 16.0 Å². The van der Waals surface area contributed by atoms with E-state index in [0.29, 0.717) is 38.2 Å². The molecule has 9 nitrogen and oxygen atoms in total. The Balaban J connectivity index is 1.25. The molecule has 1 aromatic heterocycles. The molecule has 0 spiro atoms. The molecule has 3 amide bonds. The van der Waals surface area contributed by atoms with Crippen molar-refractivity contribution in [3.63, 3.8) is 0 Å². The molecule has 0 unspecified atom stereocenters. The number of thioether (sulfide) groups is 1. The van der Waals surface area contributed by atoms with E-state index in [1.807, 2.05) is 30.3 Å². The van der Waals surface area contributed by atoms with Gasteiger partial charge in [0.1, 0.15) is 11.4 Å². The second kappa shape index (κ2) is 15.0. The van der Waals surface area contributed by atoms with Crippen LogP contribution in [0.4, 0.5) is 11.4 Å². The van der Waals surface area contributed by atoms with Crippen LogP contribution in [0.2, 0.25) is 10.0 Å². The van der Waals surface area contributed by atoms with Gasteiger partial charge >= 0.3 is 0 Å². The van der Waals surface area contributed by atoms with Gasteiger partial charge in [0.2, 0.25) is 5.91 Å². The molecule has 12 heteroatoms. The fourth-order valence-electron chi connectivity index (χ4n) is 4.60. The summed E-state index contributed by atoms with van der Waals surface area (Å²) in [6.07, 6.45) is 1.42. The number of carbonyl (C=O) groups is 3. The molecule has 0 bridgehead atoms. The van der Waals surface area contributed by atoms with E-state index in [1.165, 1.54) is 22.5 Å². The van der Waals surface area contributed by atoms with Crippen molar-refractivity contribution < 1.29 is 14.4 Å². The molecule has 3 N–H and O–H groups in total. The Kier molecular flexibility index (Phi) is 10.7. The summed E-state index contributed by atoms with van der Waals surface area (Å²) >= 11 is 13.9. The lowest BCUT2D eigenvalue weighted by Gasteiger charge is -2.13. The lowest BCUT2D eigenvalue weighted by molar-refractivity contribution is -0.114. The lowest BCUT2D eigenvalue weighted by atomic mass is 10.1. The third-order valence-corrected chi connectivity index (χ3v) is 8.79. The number of halogens is 2. The van der Waals surface area contributed by atoms with Gasteiger partial charge in [-0.05, 0) is 73.7 Å². The van der Waals surface area contributed by atoms with E-state index in [-0.39, 0.29) is 28.6 Å². The number of nitrogens with zero attached hydrogens (tertiary/aromatic N) is 2. The van der Waals surface area contributed by atoms with Crippen molar-refractivity contribution in [1.29, 1.82) is 0 Å². The molecule has 0 aliphatic heterocycles. The quantitative estimate of drug-likeness (QED) is 0.109. The molecule has 0 saturated heterocycles. The molecule has 0 radical (unpaired) electrons. The van der Waals surface area contributed by atoms with Crippen LogP contribution in [0.3, 0.4) is 0 Å². The van der Waals surface area contributed by atoms with E-state index in [4.69, 9.17) is 23.2 Å². The Morgan fingerprint density at radius 1 is 0.809 bits per heavy atom. The first-order valence-electron chi connectivity index (χ1n) is 14.3. The third kappa shape index (κ3) is 8.04. The fourth-order valence-corrected chi connectivity index (χ4v) is 5.81. The van der Waals surface area contributed by atoms with Crippen molar-refractivity contribution >= 4 is 70.1 Å². The van der Waals surface area contributed by atoms with Crippen molar-refractivity contribution in [2.24, 2.45) is 7.05 Å². The number of aromatic nitrogens is 2. The van der Waals surface area contributed by atoms with Gasteiger partial charge in [-0.25, -0.2) is 4.68 Å². The maximum absolute atomic E-state index is 13.4. The smallest absolute Gasteiger partial charge is 0.295 e. The number of hydrogen-bond donors (Lipinski definition) is 3. The summed E-state index contributed by atoms with van der Waals surface area (Å²) in [4.78, 5) is 53.0. The molecular formula is C35H29Cl2N5O4S. The first kappa shape index (κ1) is 33.3. The molecule has 5 rings (SSSR count). The van der Waals surface area contributed by atoms with Gasteiger partial charge in [-0.15, -0.1) is 11.8 Å². The highest BCUT2D eigenvalue weighted by Crippen LogP contribution is 2.27. The highest BCUT2D eigenvalue weighted by atomic mass is 35.5. The molecule has 47 heavy (non-hydrogen) atoms. The Hall–Kier alpha value is -5.03. The van der Waals surface area contributed by atoms with Crippen molar-refractivity contribution in [3.8, 4) is 5.69 Å². The molecule has 0 aliphatic carbocycles. The summed E-state index contributed by atoms with van der Waals surface area (Å²) < 4.78 is 3.20. The number of carbonyl (C=O) groups excluding carboxylic acids is 3. The minimum atomic E-state index is -0.593. The van der Waals surface area contributed by atoms with Gasteiger partial charge in [0, 0.05) is 38.8 Å². The maximum atomic E-state index is 13.4. The van der Waals surface area contributed by atoms with Crippen molar-refractivity contribution in [1.82, 2.24) is 14.7 Å². The zero-order valence-electron chi connectivity index (χ0n) is 25.3. The Morgan fingerprint density at radius 3 is 2.06 bits per heavy atom. The van der Waals surface area contributed by atoms with Crippen molar-refractivity contribution in [3.05, 3.63) is 146 Å². The monoisotopic (exact) mass is 685 g/mol. The zero-order chi connectivity index (χ0) is 33.5. The van der Waals surface area contributed by atoms with Gasteiger partial charge in [0.15, 0.2) is 0 Å². The average molecular weight is 687 g/mol. The molecule has 238 valence electrons. The summed E-state index contributed by atoms with van der Waals surface area (Å²) in [5.74, 6) is -1.35. The molecule has 0 atom stereocenters. The second-order valence-electron chi connectivity index (χ2n) is 10.3. The van der Waals surface area contributed by atoms with Crippen molar-refractivity contribution in [2.75, 3.05) is 16.4 Å². The molecule has 0 fully saturated rings. The summed E-state index contributed by atoms with van der Waals surface area (Å²) in [5, 5.41) is 8.82. The number of anilines is 2. The van der Waals surface area contributed by atoms with Gasteiger partial charge in [0.05, 0.1) is 17.1 Å². The van der Waals surface area contributed by atoms with E-state index in [1.54, 1.807) is 91.4 Å². The van der Waals surface area contributed by atoms with Crippen LogP contribution in [0.1, 0.15) is 21.6 Å². The third-order valence-electron chi connectivity index (χ3n) is 7.12. The first-order valence-corrected chi connectivity index (χ1v) is 16.1. The van der Waals surface area contributed by atoms with Crippen LogP contribution in [-0.4, -0.2) is 32.8 Å². The number of para-hydroxylation sites is 1. The highest BCUT2D eigenvalue weighted by molar-refractivity contribution is 8.00. The average Bonchev–Trinajstić information content (AvgIpc) is 3.28. The molecule has 4 aromatic carbocycles. The fraction of sp³-hybridized carbons (Fsp3) is 0.0857. The minimum Gasteiger partial charge on any atom is -0.321 e. The van der Waals surface area contributed by atoms with Gasteiger partial charge in [-0.2, -0.15) is 0 Å². The van der Waals surface area contributed by atoms with E-state index in [9.17, 15) is 19.2 Å². The Bertz CT molecular complexity index is 2010. The number of amides is 3. The predicted octanol–water partition coefficient (Wildman–Crippen LogP) is 6.93. The number of nitrogens with one attached hydrogen (secondary N) is 3. The summed E-state index contributed by atoms with van der Waals surface area (Å²) in [6.45, 7) is 1.77. The van der Waals surface area contributed by atoms with Crippen LogP contribution in [0.15, 0.2) is 119 Å². The zero-order valence-corrected chi connectivity index (χ0v) is 27.6. The standard InChI is InChI=1S/C35H29Cl2N5O4S/c1-22-32(35(46)42(41(22)2)25-12-7-4-8-13-25)40-31(43)21-47-26-18-16-24(17-19-26)38-34(45)30(20-27-28(36)14-9-15-29(27)37)39-33(44)23-10-5-3-6-11-23/h3-20H,21H2,1-2H3,(H,38,45)(H,39,44)(H,40,43)/b30-20-. The van der Waals surface area contributed by atoms with Crippen LogP contribution in [-0.2, 0) is 16.6 Å². The Labute approximate surface area is 285 Å². The van der Waals surface area contributed by atoms with E-state index in [2.05, 4.69) is 16.0 Å². The van der Waals surface area contributed by atoms with Crippen molar-refractivity contribution in [2.45, 2.75) is 11.8 Å². The SMILES string of the molecule is Cc1c(NC(=O)CSc2ccc(NC(=O)/C(=C/c3c(Cl)cccc3Cl)NC(=O)c3ccccc3)cc2)c(=O)n(-c2ccccc2)n1C. The first-order chi connectivity index (χ1) is 22.6. The number of benzene rings is 4. The normalized spacial score (nSPS) is 11.2. The van der Waals surface area contributed by atoms with E-state index in [0.717, 1.165) is 4.90 Å². The largest absolute Gasteiger partial charge is 0.321 e. The number of rotatable bonds is 10. The van der Waals surface area contributed by atoms with Gasteiger partial charge in [-0.3, -0.25) is 23.9 Å². The summed E-state index contributed by atoms with van der Waals surface area (Å²) in [5.41, 5.74) is 2.36. The van der Waals surface area contributed by atoms with E-state index >= 15 is 0 Å². The predicted molar refractivity (Wildman–Crippen MR) is 189 cm³/mol. The van der Waals surface area contributed by atoms with Crippen LogP contribution < -0.4 is 21.5 Å². The number of hydrogen-bond acceptors (Lipinski definition) is 5. The second-order valence-corrected chi connectivity index (χ2v) is 12.1. The maximum Gasteiger partial charge on any atom is 0.295 e. The molecule has 5 aromatic rings. The van der Waals surface area contributed by atoms with Crippen LogP contribution in [0.5, 0.6) is 0 Å². The summed E-state index contributed by atoms with van der Waals surface area (Å²) in [7, 11) is 1.76. The molecular weight excluding hydrogens is 657 g/mol. The van der Waals surface area contributed by atoms with Crippen LogP contribution in [0.25, 0.3) is 11.8 Å². The topological polar surface area (TPSA) is 114 Å². The molecule has 1 heterocycles. The van der Waals surface area contributed by atoms with Crippen LogP contribution in [0, 0.1) is 6.92 Å². The summed E-state index contributed by atoms with van der Waals surface area (Å²) in [6, 6.07) is 29.5. The minimum absolute atomic E-state index is 0.0574. The van der Waals surface area contributed by atoms with Crippen LogP contribution >= 0.6 is 35.0 Å². The molecule has 0 aliphatic rings. The molecule has 0 saturated carbocycles. The highest BCUT2D eigenvalue weighted by Gasteiger charge is 2.19. The van der Waals surface area contributed by atoms with Gasteiger partial charge in [0.25, 0.3) is 17.4 Å². The Morgan fingerprint density at radius 2 is 1.43 bits per heavy atom.